The van der Waals surface area contributed by atoms with Gasteiger partial charge in [0.05, 0.1) is 16.8 Å². The third-order valence-electron chi connectivity index (χ3n) is 2.66. The van der Waals surface area contributed by atoms with E-state index >= 15 is 0 Å². The van der Waals surface area contributed by atoms with Gasteiger partial charge in [-0.2, -0.15) is 10.3 Å². The molecule has 0 saturated heterocycles. The number of nitrogens with one attached hydrogen (secondary N) is 1. The molecule has 0 unspecified atom stereocenters. The van der Waals surface area contributed by atoms with Crippen molar-refractivity contribution in [2.45, 2.75) is 17.7 Å². The van der Waals surface area contributed by atoms with Crippen molar-refractivity contribution >= 4 is 21.2 Å². The molecule has 0 amide bonds. The molecule has 0 aromatic carbocycles. The first kappa shape index (κ1) is 13.0. The minimum Gasteiger partial charge on any atom is -0.440 e. The maximum atomic E-state index is 12.1. The van der Waals surface area contributed by atoms with Crippen LogP contribution in [0, 0.1) is 6.92 Å². The predicted molar refractivity (Wildman–Crippen MR) is 71.8 cm³/mol. The number of oxazole rings is 1. The molecule has 0 spiro atoms. The fourth-order valence-electron chi connectivity index (χ4n) is 1.66. The number of aryl methyl sites for hydroxylation is 1. The van der Waals surface area contributed by atoms with Crippen molar-refractivity contribution < 1.29 is 12.8 Å². The SMILES string of the molecule is Cc1oc(-c2cccs2)nc1CS(=O)(=O)c1cn[nH]n1. The van der Waals surface area contributed by atoms with Crippen LogP contribution in [0.4, 0.5) is 0 Å². The Morgan fingerprint density at radius 2 is 2.30 bits per heavy atom. The quantitative estimate of drug-likeness (QED) is 0.788. The first-order chi connectivity index (χ1) is 9.56. The van der Waals surface area contributed by atoms with E-state index in [-0.39, 0.29) is 10.8 Å². The Bertz CT molecular complexity index is 804. The normalized spacial score (nSPS) is 11.8. The van der Waals surface area contributed by atoms with Gasteiger partial charge in [-0.3, -0.25) is 0 Å². The molecule has 0 aliphatic rings. The molecule has 104 valence electrons. The lowest BCUT2D eigenvalue weighted by Crippen LogP contribution is -2.06. The van der Waals surface area contributed by atoms with Crippen LogP contribution in [-0.2, 0) is 15.6 Å². The van der Waals surface area contributed by atoms with E-state index in [1.54, 1.807) is 6.92 Å². The average molecular weight is 310 g/mol. The Morgan fingerprint density at radius 1 is 1.45 bits per heavy atom. The van der Waals surface area contributed by atoms with E-state index in [4.69, 9.17) is 4.42 Å². The highest BCUT2D eigenvalue weighted by Gasteiger charge is 2.23. The molecule has 0 aliphatic carbocycles. The van der Waals surface area contributed by atoms with Crippen LogP contribution in [0.1, 0.15) is 11.5 Å². The summed E-state index contributed by atoms with van der Waals surface area (Å²) in [5, 5.41) is 11.2. The van der Waals surface area contributed by atoms with E-state index in [1.807, 2.05) is 17.5 Å². The molecule has 1 N–H and O–H groups in total. The molecule has 0 saturated carbocycles. The summed E-state index contributed by atoms with van der Waals surface area (Å²) in [7, 11) is -3.57. The minimum absolute atomic E-state index is 0.0995. The van der Waals surface area contributed by atoms with E-state index < -0.39 is 9.84 Å². The molecule has 3 aromatic heterocycles. The lowest BCUT2D eigenvalue weighted by atomic mass is 10.4. The summed E-state index contributed by atoms with van der Waals surface area (Å²) < 4.78 is 29.7. The van der Waals surface area contributed by atoms with Crippen LogP contribution in [0.15, 0.2) is 33.2 Å². The monoisotopic (exact) mass is 310 g/mol. The van der Waals surface area contributed by atoms with Gasteiger partial charge in [0.15, 0.2) is 5.03 Å². The molecule has 20 heavy (non-hydrogen) atoms. The van der Waals surface area contributed by atoms with Gasteiger partial charge in [0, 0.05) is 0 Å². The number of hydrogen-bond acceptors (Lipinski definition) is 7. The molecule has 0 fully saturated rings. The number of aromatic nitrogens is 4. The number of H-pyrrole nitrogens is 1. The second-order valence-electron chi connectivity index (χ2n) is 4.07. The van der Waals surface area contributed by atoms with Gasteiger partial charge >= 0.3 is 0 Å². The van der Waals surface area contributed by atoms with Crippen LogP contribution in [0.3, 0.4) is 0 Å². The second kappa shape index (κ2) is 4.84. The zero-order chi connectivity index (χ0) is 14.2. The fourth-order valence-corrected chi connectivity index (χ4v) is 3.48. The van der Waals surface area contributed by atoms with Crippen molar-refractivity contribution in [1.82, 2.24) is 20.4 Å². The maximum Gasteiger partial charge on any atom is 0.236 e. The van der Waals surface area contributed by atoms with Crippen molar-refractivity contribution in [3.63, 3.8) is 0 Å². The van der Waals surface area contributed by atoms with Gasteiger partial charge in [0.1, 0.15) is 11.5 Å². The number of thiophene rings is 1. The predicted octanol–water partition coefficient (Wildman–Crippen LogP) is 1.80. The van der Waals surface area contributed by atoms with E-state index in [1.165, 1.54) is 17.5 Å². The number of aromatic amines is 1. The van der Waals surface area contributed by atoms with Gasteiger partial charge in [0.2, 0.25) is 15.7 Å². The number of nitrogens with zero attached hydrogens (tertiary/aromatic N) is 3. The van der Waals surface area contributed by atoms with Crippen LogP contribution in [0.5, 0.6) is 0 Å². The molecule has 9 heteroatoms. The standard InChI is InChI=1S/C11H10N4O3S2/c1-7-8(6-20(16,17)10-5-12-15-14-10)13-11(18-7)9-3-2-4-19-9/h2-5H,6H2,1H3,(H,12,14,15). The Labute approximate surface area is 118 Å². The van der Waals surface area contributed by atoms with Crippen molar-refractivity contribution in [3.8, 4) is 10.8 Å². The smallest absolute Gasteiger partial charge is 0.236 e. The van der Waals surface area contributed by atoms with Gasteiger partial charge in [-0.05, 0) is 18.4 Å². The average Bonchev–Trinajstić information content (AvgIpc) is 3.09. The number of hydrogen-bond donors (Lipinski definition) is 1. The fraction of sp³-hybridized carbons (Fsp3) is 0.182. The second-order valence-corrected chi connectivity index (χ2v) is 6.95. The molecule has 0 atom stereocenters. The summed E-state index contributed by atoms with van der Waals surface area (Å²) in [6.45, 7) is 1.69. The molecular formula is C11H10N4O3S2. The van der Waals surface area contributed by atoms with Crippen LogP contribution in [0.2, 0.25) is 0 Å². The van der Waals surface area contributed by atoms with Gasteiger partial charge < -0.3 is 4.42 Å². The van der Waals surface area contributed by atoms with Gasteiger partial charge in [-0.25, -0.2) is 13.4 Å². The first-order valence-corrected chi connectivity index (χ1v) is 8.18. The molecular weight excluding hydrogens is 300 g/mol. The van der Waals surface area contributed by atoms with Crippen molar-refractivity contribution in [1.29, 1.82) is 0 Å². The molecule has 0 aliphatic heterocycles. The number of sulfone groups is 1. The zero-order valence-corrected chi connectivity index (χ0v) is 12.0. The summed E-state index contributed by atoms with van der Waals surface area (Å²) in [5.74, 6) is 0.656. The summed E-state index contributed by atoms with van der Waals surface area (Å²) in [6.07, 6.45) is 1.17. The summed E-state index contributed by atoms with van der Waals surface area (Å²) >= 11 is 1.48. The van der Waals surface area contributed by atoms with Gasteiger partial charge in [-0.1, -0.05) is 6.07 Å². The highest BCUT2D eigenvalue weighted by Crippen LogP contribution is 2.27. The first-order valence-electron chi connectivity index (χ1n) is 5.65. The summed E-state index contributed by atoms with van der Waals surface area (Å²) in [4.78, 5) is 5.11. The van der Waals surface area contributed by atoms with Crippen LogP contribution in [-0.4, -0.2) is 28.8 Å². The zero-order valence-electron chi connectivity index (χ0n) is 10.4. The van der Waals surface area contributed by atoms with E-state index in [0.717, 1.165) is 4.88 Å². The lowest BCUT2D eigenvalue weighted by Gasteiger charge is -1.97. The van der Waals surface area contributed by atoms with E-state index in [9.17, 15) is 8.42 Å². The van der Waals surface area contributed by atoms with Crippen LogP contribution >= 0.6 is 11.3 Å². The maximum absolute atomic E-state index is 12.1. The highest BCUT2D eigenvalue weighted by atomic mass is 32.2. The highest BCUT2D eigenvalue weighted by molar-refractivity contribution is 7.90. The van der Waals surface area contributed by atoms with Gasteiger partial charge in [-0.15, -0.1) is 16.4 Å². The minimum atomic E-state index is -3.57. The molecule has 3 heterocycles. The topological polar surface area (TPSA) is 102 Å². The Hall–Kier alpha value is -2.00. The number of rotatable bonds is 4. The van der Waals surface area contributed by atoms with Crippen molar-refractivity contribution in [2.24, 2.45) is 0 Å². The Balaban J connectivity index is 1.93. The van der Waals surface area contributed by atoms with Crippen molar-refractivity contribution in [2.75, 3.05) is 0 Å². The van der Waals surface area contributed by atoms with Crippen LogP contribution in [0.25, 0.3) is 10.8 Å². The molecule has 3 aromatic rings. The van der Waals surface area contributed by atoms with Crippen LogP contribution < -0.4 is 0 Å². The Kier molecular flexibility index (Phi) is 3.14. The third kappa shape index (κ3) is 2.37. The molecule has 0 radical (unpaired) electrons. The molecule has 3 rings (SSSR count). The lowest BCUT2D eigenvalue weighted by molar-refractivity contribution is 0.540. The third-order valence-corrected chi connectivity index (χ3v) is 5.01. The van der Waals surface area contributed by atoms with Crippen molar-refractivity contribution in [3.05, 3.63) is 35.2 Å². The largest absolute Gasteiger partial charge is 0.440 e. The molecule has 7 nitrogen and oxygen atoms in total. The van der Waals surface area contributed by atoms with E-state index in [2.05, 4.69) is 20.4 Å². The van der Waals surface area contributed by atoms with E-state index in [0.29, 0.717) is 17.3 Å². The Morgan fingerprint density at radius 3 is 2.95 bits per heavy atom. The molecule has 0 bridgehead atoms. The van der Waals surface area contributed by atoms with Gasteiger partial charge in [0.25, 0.3) is 0 Å². The summed E-state index contributed by atoms with van der Waals surface area (Å²) in [5.41, 5.74) is 0.386. The summed E-state index contributed by atoms with van der Waals surface area (Å²) in [6, 6.07) is 3.75.